The highest BCUT2D eigenvalue weighted by Crippen LogP contribution is 2.30. The van der Waals surface area contributed by atoms with Gasteiger partial charge in [-0.1, -0.05) is 0 Å². The van der Waals surface area contributed by atoms with E-state index in [0.717, 1.165) is 63.0 Å². The van der Waals surface area contributed by atoms with Crippen molar-refractivity contribution in [3.63, 3.8) is 0 Å². The Balaban J connectivity index is 1.43. The summed E-state index contributed by atoms with van der Waals surface area (Å²) in [5.41, 5.74) is 1.52. The van der Waals surface area contributed by atoms with Gasteiger partial charge in [0.05, 0.1) is 19.4 Å². The Bertz CT molecular complexity index is 708. The molecule has 2 aromatic rings. The van der Waals surface area contributed by atoms with E-state index in [0.29, 0.717) is 11.9 Å². The molecule has 1 saturated carbocycles. The van der Waals surface area contributed by atoms with Gasteiger partial charge in [-0.2, -0.15) is 10.1 Å². The molecule has 0 amide bonds. The molecular formula is C16H22ClN5O2. The van der Waals surface area contributed by atoms with Crippen LogP contribution in [0.4, 0.5) is 0 Å². The first-order valence-corrected chi connectivity index (χ1v) is 8.92. The Morgan fingerprint density at radius 3 is 2.67 bits per heavy atom. The molecule has 2 fully saturated rings. The van der Waals surface area contributed by atoms with Gasteiger partial charge in [0.1, 0.15) is 17.1 Å². The molecule has 2 aromatic heterocycles. The second-order valence-electron chi connectivity index (χ2n) is 6.50. The number of aryl methyl sites for hydroxylation is 1. The molecule has 0 N–H and O–H groups in total. The zero-order chi connectivity index (χ0) is 16.5. The van der Waals surface area contributed by atoms with Crippen molar-refractivity contribution >= 4 is 22.6 Å². The lowest BCUT2D eigenvalue weighted by Crippen LogP contribution is -2.46. The average molecular weight is 352 g/mol. The third-order valence-corrected chi connectivity index (χ3v) is 5.18. The topological polar surface area (TPSA) is 65.3 Å². The minimum absolute atomic E-state index is 0.173. The number of hydrogen-bond acceptors (Lipinski definition) is 6. The molecule has 0 spiro atoms. The van der Waals surface area contributed by atoms with Crippen LogP contribution in [0.25, 0.3) is 11.0 Å². The third-order valence-electron chi connectivity index (χ3n) is 5.01. The molecule has 0 aromatic carbocycles. The number of ether oxygens (including phenoxy) is 2. The lowest BCUT2D eigenvalue weighted by molar-refractivity contribution is -0.00128. The molecule has 0 bridgehead atoms. The molecule has 1 saturated heterocycles. The van der Waals surface area contributed by atoms with Gasteiger partial charge in [-0.25, -0.2) is 4.98 Å². The van der Waals surface area contributed by atoms with Crippen molar-refractivity contribution in [1.29, 1.82) is 0 Å². The van der Waals surface area contributed by atoms with Crippen molar-refractivity contribution in [2.45, 2.75) is 37.8 Å². The summed E-state index contributed by atoms with van der Waals surface area (Å²) in [5.74, 6) is 0.542. The molecule has 24 heavy (non-hydrogen) atoms. The number of nitrogens with zero attached hydrogens (tertiary/aromatic N) is 5. The predicted molar refractivity (Wildman–Crippen MR) is 90.4 cm³/mol. The maximum Gasteiger partial charge on any atom is 0.244 e. The first-order valence-electron chi connectivity index (χ1n) is 8.54. The van der Waals surface area contributed by atoms with Crippen LogP contribution in [-0.2, 0) is 11.8 Å². The summed E-state index contributed by atoms with van der Waals surface area (Å²) >= 11 is 6.02. The normalized spacial score (nSPS) is 25.9. The summed E-state index contributed by atoms with van der Waals surface area (Å²) in [7, 11) is 1.86. The van der Waals surface area contributed by atoms with Gasteiger partial charge in [-0.15, -0.1) is 0 Å². The first kappa shape index (κ1) is 16.1. The number of fused-ring (bicyclic) bond motifs is 1. The van der Waals surface area contributed by atoms with E-state index in [1.54, 1.807) is 10.9 Å². The lowest BCUT2D eigenvalue weighted by Gasteiger charge is -2.38. The minimum Gasteiger partial charge on any atom is -0.473 e. The van der Waals surface area contributed by atoms with Crippen molar-refractivity contribution in [1.82, 2.24) is 24.6 Å². The summed E-state index contributed by atoms with van der Waals surface area (Å²) in [4.78, 5) is 11.0. The Morgan fingerprint density at radius 1 is 1.17 bits per heavy atom. The highest BCUT2D eigenvalue weighted by molar-refractivity contribution is 6.28. The maximum atomic E-state index is 6.18. The van der Waals surface area contributed by atoms with Crippen LogP contribution < -0.4 is 4.74 Å². The molecule has 0 unspecified atom stereocenters. The minimum atomic E-state index is 0.173. The fourth-order valence-corrected chi connectivity index (χ4v) is 3.90. The molecule has 4 rings (SSSR count). The largest absolute Gasteiger partial charge is 0.473 e. The Morgan fingerprint density at radius 2 is 1.92 bits per heavy atom. The Hall–Kier alpha value is -1.44. The number of halogens is 1. The number of morpholine rings is 1. The third kappa shape index (κ3) is 3.20. The number of hydrogen-bond donors (Lipinski definition) is 0. The molecule has 3 heterocycles. The average Bonchev–Trinajstić information content (AvgIpc) is 2.97. The van der Waals surface area contributed by atoms with Crippen molar-refractivity contribution in [3.8, 4) is 5.88 Å². The van der Waals surface area contributed by atoms with Gasteiger partial charge < -0.3 is 9.47 Å². The molecule has 7 nitrogen and oxygen atoms in total. The molecule has 1 aliphatic carbocycles. The lowest BCUT2D eigenvalue weighted by atomic mass is 9.91. The monoisotopic (exact) mass is 351 g/mol. The summed E-state index contributed by atoms with van der Waals surface area (Å²) in [6.07, 6.45) is 6.22. The van der Waals surface area contributed by atoms with Crippen LogP contribution in [0.5, 0.6) is 5.88 Å². The van der Waals surface area contributed by atoms with Gasteiger partial charge >= 0.3 is 0 Å². The van der Waals surface area contributed by atoms with Crippen molar-refractivity contribution in [2.75, 3.05) is 26.3 Å². The van der Waals surface area contributed by atoms with Gasteiger partial charge in [0.15, 0.2) is 0 Å². The van der Waals surface area contributed by atoms with Crippen LogP contribution in [0.15, 0.2) is 6.20 Å². The van der Waals surface area contributed by atoms with E-state index in [4.69, 9.17) is 21.1 Å². The molecule has 1 aliphatic heterocycles. The highest BCUT2D eigenvalue weighted by atomic mass is 35.5. The maximum absolute atomic E-state index is 6.18. The summed E-state index contributed by atoms with van der Waals surface area (Å²) in [6, 6.07) is 0.652. The van der Waals surface area contributed by atoms with Crippen molar-refractivity contribution < 1.29 is 9.47 Å². The van der Waals surface area contributed by atoms with Crippen LogP contribution >= 0.6 is 11.6 Å². The summed E-state index contributed by atoms with van der Waals surface area (Å²) < 4.78 is 13.4. The highest BCUT2D eigenvalue weighted by Gasteiger charge is 2.28. The fraction of sp³-hybridized carbons (Fsp3) is 0.688. The molecule has 2 aliphatic rings. The van der Waals surface area contributed by atoms with Gasteiger partial charge in [-0.3, -0.25) is 9.58 Å². The molecule has 0 radical (unpaired) electrons. The van der Waals surface area contributed by atoms with E-state index in [2.05, 4.69) is 20.0 Å². The zero-order valence-electron chi connectivity index (χ0n) is 13.8. The molecular weight excluding hydrogens is 330 g/mol. The fourth-order valence-electron chi connectivity index (χ4n) is 3.73. The van der Waals surface area contributed by atoms with Crippen molar-refractivity contribution in [2.24, 2.45) is 7.05 Å². The number of rotatable bonds is 3. The van der Waals surface area contributed by atoms with E-state index in [9.17, 15) is 0 Å². The number of aromatic nitrogens is 4. The Kier molecular flexibility index (Phi) is 4.56. The van der Waals surface area contributed by atoms with E-state index >= 15 is 0 Å². The van der Waals surface area contributed by atoms with E-state index in [1.165, 1.54) is 0 Å². The predicted octanol–water partition coefficient (Wildman–Crippen LogP) is 2.04. The van der Waals surface area contributed by atoms with Crippen LogP contribution in [-0.4, -0.2) is 63.1 Å². The van der Waals surface area contributed by atoms with E-state index < -0.39 is 0 Å². The molecule has 130 valence electrons. The van der Waals surface area contributed by atoms with E-state index in [1.807, 2.05) is 7.05 Å². The van der Waals surface area contributed by atoms with E-state index in [-0.39, 0.29) is 11.4 Å². The SMILES string of the molecule is Cn1ncc2nc(Cl)nc(O[C@H]3CC[C@H](N4CCOCC4)CC3)c21. The standard InChI is InChI=1S/C16H22ClN5O2/c1-21-14-13(10-18-21)19-16(17)20-15(14)24-12-4-2-11(3-5-12)22-6-8-23-9-7-22/h10-12H,2-9H2,1H3/t11-,12-. The summed E-state index contributed by atoms with van der Waals surface area (Å²) in [6.45, 7) is 3.81. The van der Waals surface area contributed by atoms with Crippen LogP contribution in [0.2, 0.25) is 5.28 Å². The van der Waals surface area contributed by atoms with Crippen molar-refractivity contribution in [3.05, 3.63) is 11.5 Å². The second kappa shape index (κ2) is 6.82. The Labute approximate surface area is 145 Å². The second-order valence-corrected chi connectivity index (χ2v) is 6.83. The summed E-state index contributed by atoms with van der Waals surface area (Å²) in [5, 5.41) is 4.42. The van der Waals surface area contributed by atoms with Crippen LogP contribution in [0.3, 0.4) is 0 Å². The van der Waals surface area contributed by atoms with Gasteiger partial charge in [-0.05, 0) is 37.3 Å². The first-order chi connectivity index (χ1) is 11.7. The molecule has 0 atom stereocenters. The van der Waals surface area contributed by atoms with Gasteiger partial charge in [0.2, 0.25) is 11.2 Å². The van der Waals surface area contributed by atoms with Crippen LogP contribution in [0.1, 0.15) is 25.7 Å². The van der Waals surface area contributed by atoms with Gasteiger partial charge in [0.25, 0.3) is 0 Å². The van der Waals surface area contributed by atoms with Crippen LogP contribution in [0, 0.1) is 0 Å². The van der Waals surface area contributed by atoms with Gasteiger partial charge in [0, 0.05) is 26.2 Å². The smallest absolute Gasteiger partial charge is 0.244 e. The quantitative estimate of drug-likeness (QED) is 0.788. The zero-order valence-corrected chi connectivity index (χ0v) is 14.6. The molecule has 8 heteroatoms.